The maximum Gasteiger partial charge on any atom is 0.384 e. The first-order chi connectivity index (χ1) is 6.33. The molecule has 1 aromatic heterocycles. The molecule has 0 atom stereocenters. The highest BCUT2D eigenvalue weighted by atomic mass is 16.5. The first-order valence-corrected chi connectivity index (χ1v) is 3.78. The molecule has 0 radical (unpaired) electrons. The van der Waals surface area contributed by atoms with Crippen LogP contribution in [0.4, 0.5) is 0 Å². The van der Waals surface area contributed by atoms with E-state index in [0.29, 0.717) is 6.42 Å². The van der Waals surface area contributed by atoms with Gasteiger partial charge in [-0.2, -0.15) is 0 Å². The molecule has 0 saturated heterocycles. The Bertz CT molecular complexity index is 335. The molecule has 3 nitrogen and oxygen atoms in total. The van der Waals surface area contributed by atoms with Gasteiger partial charge in [0.25, 0.3) is 0 Å². The average molecular weight is 175 g/mol. The lowest BCUT2D eigenvalue weighted by atomic mass is 10.2. The highest BCUT2D eigenvalue weighted by Crippen LogP contribution is 1.95. The fourth-order valence-electron chi connectivity index (χ4n) is 0.770. The van der Waals surface area contributed by atoms with Gasteiger partial charge in [-0.1, -0.05) is 5.92 Å². The van der Waals surface area contributed by atoms with E-state index in [0.717, 1.165) is 5.56 Å². The van der Waals surface area contributed by atoms with Crippen molar-refractivity contribution < 1.29 is 9.53 Å². The third-order valence-electron chi connectivity index (χ3n) is 1.42. The lowest BCUT2D eigenvalue weighted by Crippen LogP contribution is -1.94. The van der Waals surface area contributed by atoms with Crippen LogP contribution >= 0.6 is 0 Å². The predicted octanol–water partition coefficient (Wildman–Crippen LogP) is 0.800. The number of hydrogen-bond donors (Lipinski definition) is 0. The van der Waals surface area contributed by atoms with Gasteiger partial charge in [-0.25, -0.2) is 4.79 Å². The van der Waals surface area contributed by atoms with Crippen molar-refractivity contribution in [3.05, 3.63) is 30.1 Å². The molecule has 1 rings (SSSR count). The molecule has 0 aliphatic rings. The van der Waals surface area contributed by atoms with Gasteiger partial charge in [0.2, 0.25) is 0 Å². The van der Waals surface area contributed by atoms with Crippen molar-refractivity contribution in [3.8, 4) is 11.8 Å². The van der Waals surface area contributed by atoms with Crippen LogP contribution in [-0.4, -0.2) is 18.1 Å². The monoisotopic (exact) mass is 175 g/mol. The van der Waals surface area contributed by atoms with Crippen LogP contribution < -0.4 is 0 Å². The zero-order valence-electron chi connectivity index (χ0n) is 7.28. The molecule has 0 fully saturated rings. The van der Waals surface area contributed by atoms with Crippen molar-refractivity contribution in [2.45, 2.75) is 6.42 Å². The Morgan fingerprint density at radius 2 is 2.23 bits per heavy atom. The Labute approximate surface area is 76.8 Å². The van der Waals surface area contributed by atoms with Gasteiger partial charge in [-0.15, -0.1) is 0 Å². The third-order valence-corrected chi connectivity index (χ3v) is 1.42. The van der Waals surface area contributed by atoms with Crippen LogP contribution in [0, 0.1) is 11.8 Å². The molecule has 1 heterocycles. The molecule has 0 saturated carbocycles. The molecule has 0 bridgehead atoms. The number of aromatic nitrogens is 1. The van der Waals surface area contributed by atoms with Crippen LogP contribution in [-0.2, 0) is 16.0 Å². The van der Waals surface area contributed by atoms with Gasteiger partial charge in [0.05, 0.1) is 7.11 Å². The molecule has 13 heavy (non-hydrogen) atoms. The standard InChI is InChI=1S/C10H9NO2/c1-13-10(12)4-2-3-9-5-7-11-8-6-9/h5-8H,3H2,1H3. The summed E-state index contributed by atoms with van der Waals surface area (Å²) in [6, 6.07) is 3.71. The minimum Gasteiger partial charge on any atom is -0.459 e. The number of hydrogen-bond acceptors (Lipinski definition) is 3. The van der Waals surface area contributed by atoms with E-state index < -0.39 is 5.97 Å². The summed E-state index contributed by atoms with van der Waals surface area (Å²) in [6.07, 6.45) is 3.92. The van der Waals surface area contributed by atoms with Gasteiger partial charge in [-0.3, -0.25) is 4.98 Å². The summed E-state index contributed by atoms with van der Waals surface area (Å²) in [5.41, 5.74) is 1.03. The first-order valence-electron chi connectivity index (χ1n) is 3.78. The molecular formula is C10H9NO2. The summed E-state index contributed by atoms with van der Waals surface area (Å²) >= 11 is 0. The van der Waals surface area contributed by atoms with E-state index in [9.17, 15) is 4.79 Å². The van der Waals surface area contributed by atoms with Crippen LogP contribution in [0.3, 0.4) is 0 Å². The number of nitrogens with zero attached hydrogens (tertiary/aromatic N) is 1. The van der Waals surface area contributed by atoms with Crippen molar-refractivity contribution >= 4 is 5.97 Å². The number of esters is 1. The van der Waals surface area contributed by atoms with E-state index in [-0.39, 0.29) is 0 Å². The van der Waals surface area contributed by atoms with Crippen molar-refractivity contribution in [1.29, 1.82) is 0 Å². The van der Waals surface area contributed by atoms with Gasteiger partial charge in [0.15, 0.2) is 0 Å². The number of carbonyl (C=O) groups excluding carboxylic acids is 1. The number of pyridine rings is 1. The molecule has 0 N–H and O–H groups in total. The molecule has 0 aromatic carbocycles. The van der Waals surface area contributed by atoms with E-state index in [2.05, 4.69) is 21.6 Å². The Morgan fingerprint density at radius 3 is 2.85 bits per heavy atom. The summed E-state index contributed by atoms with van der Waals surface area (Å²) in [5.74, 6) is 4.54. The van der Waals surface area contributed by atoms with Crippen LogP contribution in [0.15, 0.2) is 24.5 Å². The molecule has 0 amide bonds. The average Bonchev–Trinajstić information content (AvgIpc) is 2.19. The van der Waals surface area contributed by atoms with Crippen LogP contribution in [0.5, 0.6) is 0 Å². The first kappa shape index (κ1) is 9.27. The Kier molecular flexibility index (Phi) is 3.52. The van der Waals surface area contributed by atoms with Gasteiger partial charge >= 0.3 is 5.97 Å². The molecule has 66 valence electrons. The Morgan fingerprint density at radius 1 is 1.54 bits per heavy atom. The fraction of sp³-hybridized carbons (Fsp3) is 0.200. The van der Waals surface area contributed by atoms with Crippen molar-refractivity contribution in [1.82, 2.24) is 4.98 Å². The summed E-state index contributed by atoms with van der Waals surface area (Å²) in [5, 5.41) is 0. The van der Waals surface area contributed by atoms with Crippen LogP contribution in [0.25, 0.3) is 0 Å². The number of rotatable bonds is 1. The lowest BCUT2D eigenvalue weighted by Gasteiger charge is -1.90. The van der Waals surface area contributed by atoms with Crippen LogP contribution in [0.1, 0.15) is 5.56 Å². The summed E-state index contributed by atoms with van der Waals surface area (Å²) in [7, 11) is 1.31. The molecule has 1 aromatic rings. The second-order valence-corrected chi connectivity index (χ2v) is 2.33. The molecule has 0 aliphatic heterocycles. The van der Waals surface area contributed by atoms with Crippen LogP contribution in [0.2, 0.25) is 0 Å². The molecule has 0 aliphatic carbocycles. The number of methoxy groups -OCH3 is 1. The quantitative estimate of drug-likeness (QED) is 0.360. The lowest BCUT2D eigenvalue weighted by molar-refractivity contribution is -0.133. The summed E-state index contributed by atoms with van der Waals surface area (Å²) < 4.78 is 4.36. The summed E-state index contributed by atoms with van der Waals surface area (Å²) in [4.78, 5) is 14.5. The van der Waals surface area contributed by atoms with Gasteiger partial charge in [0, 0.05) is 24.7 Å². The van der Waals surface area contributed by atoms with Crippen molar-refractivity contribution in [3.63, 3.8) is 0 Å². The van der Waals surface area contributed by atoms with Gasteiger partial charge in [0.1, 0.15) is 0 Å². The zero-order chi connectivity index (χ0) is 9.52. The Hall–Kier alpha value is -1.82. The van der Waals surface area contributed by atoms with Gasteiger partial charge in [-0.05, 0) is 17.7 Å². The summed E-state index contributed by atoms with van der Waals surface area (Å²) in [6.45, 7) is 0. The SMILES string of the molecule is COC(=O)C#CCc1ccncc1. The topological polar surface area (TPSA) is 39.2 Å². The molecule has 0 unspecified atom stereocenters. The predicted molar refractivity (Wildman–Crippen MR) is 47.7 cm³/mol. The van der Waals surface area contributed by atoms with Gasteiger partial charge < -0.3 is 4.74 Å². The maximum absolute atomic E-state index is 10.6. The highest BCUT2D eigenvalue weighted by molar-refractivity contribution is 5.88. The van der Waals surface area contributed by atoms with E-state index >= 15 is 0 Å². The minimum atomic E-state index is -0.506. The number of carbonyl (C=O) groups is 1. The molecule has 0 spiro atoms. The minimum absolute atomic E-state index is 0.506. The van der Waals surface area contributed by atoms with E-state index in [1.165, 1.54) is 7.11 Å². The Balaban J connectivity index is 2.51. The third kappa shape index (κ3) is 3.39. The second-order valence-electron chi connectivity index (χ2n) is 2.33. The number of ether oxygens (including phenoxy) is 1. The van der Waals surface area contributed by atoms with E-state index in [1.807, 2.05) is 12.1 Å². The van der Waals surface area contributed by atoms with Crippen molar-refractivity contribution in [2.24, 2.45) is 0 Å². The normalized spacial score (nSPS) is 8.38. The van der Waals surface area contributed by atoms with E-state index in [4.69, 9.17) is 0 Å². The second kappa shape index (κ2) is 4.94. The van der Waals surface area contributed by atoms with E-state index in [1.54, 1.807) is 12.4 Å². The highest BCUT2D eigenvalue weighted by Gasteiger charge is 1.89. The fourth-order valence-corrected chi connectivity index (χ4v) is 0.770. The zero-order valence-corrected chi connectivity index (χ0v) is 7.28. The maximum atomic E-state index is 10.6. The van der Waals surface area contributed by atoms with Crippen molar-refractivity contribution in [2.75, 3.05) is 7.11 Å². The smallest absolute Gasteiger partial charge is 0.384 e. The molecule has 3 heteroatoms. The largest absolute Gasteiger partial charge is 0.459 e. The molecular weight excluding hydrogens is 166 g/mol.